The first-order chi connectivity index (χ1) is 15.5. The number of nitrogens with zero attached hydrogens (tertiary/aromatic N) is 2. The number of halogens is 2. The molecule has 4 rings (SSSR count). The van der Waals surface area contributed by atoms with Gasteiger partial charge in [-0.2, -0.15) is 0 Å². The number of carbonyl (C=O) groups is 1. The Bertz CT molecular complexity index is 1140. The van der Waals surface area contributed by atoms with Crippen molar-refractivity contribution in [2.24, 2.45) is 0 Å². The molecule has 1 N–H and O–H groups in total. The fraction of sp³-hybridized carbons (Fsp3) is 0.167. The molecular formula is C24H21F2N3O3. The average Bonchev–Trinajstić information content (AvgIpc) is 3.47. The predicted molar refractivity (Wildman–Crippen MR) is 112 cm³/mol. The van der Waals surface area contributed by atoms with Crippen LogP contribution in [-0.4, -0.2) is 16.0 Å². The zero-order valence-corrected chi connectivity index (χ0v) is 17.1. The minimum Gasteiger partial charge on any atom is -0.468 e. The second-order valence-electron chi connectivity index (χ2n) is 7.34. The molecule has 0 atom stereocenters. The predicted octanol–water partition coefficient (Wildman–Crippen LogP) is 4.68. The van der Waals surface area contributed by atoms with E-state index < -0.39 is 0 Å². The number of nitrogens with one attached hydrogen (secondary N) is 1. The summed E-state index contributed by atoms with van der Waals surface area (Å²) in [5, 5.41) is 6.60. The third-order valence-electron chi connectivity index (χ3n) is 4.82. The molecule has 2 aromatic carbocycles. The van der Waals surface area contributed by atoms with E-state index in [4.69, 9.17) is 8.94 Å². The molecule has 2 heterocycles. The quantitative estimate of drug-likeness (QED) is 0.412. The van der Waals surface area contributed by atoms with Gasteiger partial charge in [-0.05, 0) is 47.5 Å². The molecule has 0 unspecified atom stereocenters. The van der Waals surface area contributed by atoms with Gasteiger partial charge in [-0.3, -0.25) is 9.69 Å². The highest BCUT2D eigenvalue weighted by Gasteiger charge is 2.16. The zero-order chi connectivity index (χ0) is 22.3. The molecule has 0 fully saturated rings. The fourth-order valence-electron chi connectivity index (χ4n) is 3.23. The number of aromatic nitrogens is 1. The average molecular weight is 437 g/mol. The first-order valence-electron chi connectivity index (χ1n) is 10.0. The summed E-state index contributed by atoms with van der Waals surface area (Å²) in [6, 6.07) is 17.4. The van der Waals surface area contributed by atoms with E-state index in [1.807, 2.05) is 17.0 Å². The van der Waals surface area contributed by atoms with Gasteiger partial charge in [-0.1, -0.05) is 29.4 Å². The molecule has 4 aromatic rings. The highest BCUT2D eigenvalue weighted by Crippen LogP contribution is 2.16. The Morgan fingerprint density at radius 2 is 1.53 bits per heavy atom. The van der Waals surface area contributed by atoms with Crippen LogP contribution < -0.4 is 5.32 Å². The molecular weight excluding hydrogens is 416 g/mol. The van der Waals surface area contributed by atoms with Gasteiger partial charge in [-0.15, -0.1) is 0 Å². The van der Waals surface area contributed by atoms with Crippen LogP contribution >= 0.6 is 0 Å². The molecule has 0 aliphatic carbocycles. The monoisotopic (exact) mass is 437 g/mol. The second kappa shape index (κ2) is 10.0. The zero-order valence-electron chi connectivity index (χ0n) is 17.1. The lowest BCUT2D eigenvalue weighted by Gasteiger charge is -2.19. The van der Waals surface area contributed by atoms with Crippen LogP contribution in [0.25, 0.3) is 0 Å². The summed E-state index contributed by atoms with van der Waals surface area (Å²) in [6.45, 7) is 1.64. The Labute approximate surface area is 183 Å². The summed E-state index contributed by atoms with van der Waals surface area (Å²) < 4.78 is 37.0. The fourth-order valence-corrected chi connectivity index (χ4v) is 3.23. The molecule has 0 bridgehead atoms. The van der Waals surface area contributed by atoms with Crippen molar-refractivity contribution in [3.05, 3.63) is 113 Å². The number of carbonyl (C=O) groups excluding carboxylic acids is 1. The van der Waals surface area contributed by atoms with E-state index in [2.05, 4.69) is 10.5 Å². The Balaban J connectivity index is 1.40. The molecule has 0 saturated carbocycles. The van der Waals surface area contributed by atoms with E-state index in [1.54, 1.807) is 36.6 Å². The van der Waals surface area contributed by atoms with Crippen molar-refractivity contribution in [2.45, 2.75) is 26.2 Å². The van der Waals surface area contributed by atoms with E-state index in [0.717, 1.165) is 16.9 Å². The topological polar surface area (TPSA) is 71.5 Å². The molecule has 32 heavy (non-hydrogen) atoms. The van der Waals surface area contributed by atoms with Gasteiger partial charge in [0.25, 0.3) is 5.91 Å². The van der Waals surface area contributed by atoms with Gasteiger partial charge in [-0.25, -0.2) is 8.78 Å². The summed E-state index contributed by atoms with van der Waals surface area (Å²) in [5.74, 6) is 0.258. The highest BCUT2D eigenvalue weighted by atomic mass is 19.1. The van der Waals surface area contributed by atoms with Crippen LogP contribution in [-0.2, 0) is 26.2 Å². The largest absolute Gasteiger partial charge is 0.468 e. The molecule has 1 amide bonds. The van der Waals surface area contributed by atoms with Crippen molar-refractivity contribution in [3.8, 4) is 0 Å². The molecule has 0 aliphatic rings. The minimum absolute atomic E-state index is 0.154. The van der Waals surface area contributed by atoms with Crippen LogP contribution in [0.3, 0.4) is 0 Å². The maximum atomic E-state index is 13.2. The van der Waals surface area contributed by atoms with Crippen LogP contribution in [0.1, 0.15) is 33.1 Å². The van der Waals surface area contributed by atoms with Crippen LogP contribution in [0.5, 0.6) is 0 Å². The van der Waals surface area contributed by atoms with Gasteiger partial charge < -0.3 is 14.3 Å². The Morgan fingerprint density at radius 3 is 2.19 bits per heavy atom. The first-order valence-corrected chi connectivity index (χ1v) is 10.0. The number of benzene rings is 2. The minimum atomic E-state index is -0.388. The lowest BCUT2D eigenvalue weighted by Crippen LogP contribution is -2.23. The molecule has 0 spiro atoms. The van der Waals surface area contributed by atoms with E-state index in [0.29, 0.717) is 25.4 Å². The van der Waals surface area contributed by atoms with Crippen molar-refractivity contribution in [2.75, 3.05) is 0 Å². The normalized spacial score (nSPS) is 11.1. The molecule has 164 valence electrons. The lowest BCUT2D eigenvalue weighted by atomic mass is 10.2. The summed E-state index contributed by atoms with van der Waals surface area (Å²) in [7, 11) is 0. The Hall–Kier alpha value is -3.78. The van der Waals surface area contributed by atoms with E-state index in [1.165, 1.54) is 24.3 Å². The number of hydrogen-bond donors (Lipinski definition) is 1. The molecule has 6 nitrogen and oxygen atoms in total. The molecule has 0 radical (unpaired) electrons. The molecule has 0 saturated heterocycles. The van der Waals surface area contributed by atoms with Crippen LogP contribution in [0, 0.1) is 11.6 Å². The van der Waals surface area contributed by atoms with Gasteiger partial charge in [0.2, 0.25) is 0 Å². The van der Waals surface area contributed by atoms with Crippen LogP contribution in [0.15, 0.2) is 81.9 Å². The maximum Gasteiger partial charge on any atom is 0.273 e. The smallest absolute Gasteiger partial charge is 0.273 e. The third-order valence-corrected chi connectivity index (χ3v) is 4.82. The van der Waals surface area contributed by atoms with E-state index in [9.17, 15) is 13.6 Å². The van der Waals surface area contributed by atoms with Crippen LogP contribution in [0.2, 0.25) is 0 Å². The molecule has 2 aromatic heterocycles. The van der Waals surface area contributed by atoms with Crippen molar-refractivity contribution in [1.82, 2.24) is 15.4 Å². The van der Waals surface area contributed by atoms with Gasteiger partial charge in [0.1, 0.15) is 17.4 Å². The van der Waals surface area contributed by atoms with Gasteiger partial charge in [0.15, 0.2) is 11.5 Å². The lowest BCUT2D eigenvalue weighted by molar-refractivity contribution is 0.0941. The van der Waals surface area contributed by atoms with Gasteiger partial charge >= 0.3 is 0 Å². The highest BCUT2D eigenvalue weighted by molar-refractivity contribution is 5.92. The molecule has 0 aliphatic heterocycles. The number of amides is 1. The van der Waals surface area contributed by atoms with Crippen molar-refractivity contribution >= 4 is 5.91 Å². The van der Waals surface area contributed by atoms with Crippen LogP contribution in [0.4, 0.5) is 8.78 Å². The van der Waals surface area contributed by atoms with E-state index >= 15 is 0 Å². The van der Waals surface area contributed by atoms with Gasteiger partial charge in [0, 0.05) is 19.2 Å². The number of rotatable bonds is 9. The summed E-state index contributed by atoms with van der Waals surface area (Å²) in [4.78, 5) is 14.4. The summed E-state index contributed by atoms with van der Waals surface area (Å²) in [6.07, 6.45) is 1.60. The van der Waals surface area contributed by atoms with Gasteiger partial charge in [0.05, 0.1) is 19.4 Å². The third kappa shape index (κ3) is 5.89. The summed E-state index contributed by atoms with van der Waals surface area (Å²) in [5.41, 5.74) is 1.85. The Kier molecular flexibility index (Phi) is 6.72. The Morgan fingerprint density at radius 1 is 0.875 bits per heavy atom. The first kappa shape index (κ1) is 21.5. The van der Waals surface area contributed by atoms with E-state index in [-0.39, 0.29) is 29.8 Å². The maximum absolute atomic E-state index is 13.2. The summed E-state index contributed by atoms with van der Waals surface area (Å²) >= 11 is 0. The van der Waals surface area contributed by atoms with Crippen molar-refractivity contribution in [1.29, 1.82) is 0 Å². The molecule has 8 heteroatoms. The van der Waals surface area contributed by atoms with Crippen molar-refractivity contribution < 1.29 is 22.5 Å². The number of hydrogen-bond acceptors (Lipinski definition) is 5. The van der Waals surface area contributed by atoms with Crippen molar-refractivity contribution in [3.63, 3.8) is 0 Å². The number of furan rings is 1. The SMILES string of the molecule is O=C(NCc1ccc(F)cc1)c1cc(CN(Cc2ccc(F)cc2)Cc2ccco2)on1. The standard InChI is InChI=1S/C24H21F2N3O3/c25-19-7-3-17(4-8-19)13-27-24(30)23-12-22(32-28-23)16-29(15-21-2-1-11-31-21)14-18-5-9-20(26)10-6-18/h1-12H,13-16H2,(H,27,30). The second-order valence-corrected chi connectivity index (χ2v) is 7.34.